The van der Waals surface area contributed by atoms with Crippen molar-refractivity contribution in [3.63, 3.8) is 0 Å². The van der Waals surface area contributed by atoms with E-state index in [0.29, 0.717) is 12.8 Å². The monoisotopic (exact) mass is 545 g/mol. The summed E-state index contributed by atoms with van der Waals surface area (Å²) in [7, 11) is 7.02. The smallest absolute Gasteiger partial charge is 0.306 e. The molecule has 0 amide bonds. The van der Waals surface area contributed by atoms with Gasteiger partial charge < -0.3 is 13.7 Å². The molecule has 0 bridgehead atoms. The van der Waals surface area contributed by atoms with Crippen LogP contribution in [-0.4, -0.2) is 57.5 Å². The molecule has 0 fully saturated rings. The molecule has 0 saturated carbocycles. The number of carbonyl (C=O) groups is 1. The zero-order valence-electron chi connectivity index (χ0n) is 25.0. The first-order chi connectivity index (χ1) is 17.8. The van der Waals surface area contributed by atoms with Gasteiger partial charge in [-0.15, -0.1) is 8.73 Å². The van der Waals surface area contributed by atoms with Gasteiger partial charge in [-0.25, -0.2) is 0 Å². The number of esters is 1. The van der Waals surface area contributed by atoms with Gasteiger partial charge in [-0.1, -0.05) is 104 Å². The second kappa shape index (κ2) is 26.2. The van der Waals surface area contributed by atoms with E-state index in [9.17, 15) is 4.79 Å². The quantitative estimate of drug-likeness (QED) is 0.0461. The fraction of sp³-hybridized carbons (Fsp3) is 0.962. The Morgan fingerprint density at radius 1 is 0.914 bits per heavy atom. The molecule has 4 nitrogen and oxygen atoms in total. The van der Waals surface area contributed by atoms with Crippen LogP contribution in [-0.2, 0) is 18.5 Å². The maximum Gasteiger partial charge on any atom is 0.306 e. The lowest BCUT2D eigenvalue weighted by molar-refractivity contribution is -0.155. The molecule has 0 aliphatic heterocycles. The fourth-order valence-corrected chi connectivity index (χ4v) is 5.55. The predicted molar refractivity (Wildman–Crippen MR) is 161 cm³/mol. The highest BCUT2D eigenvalue weighted by molar-refractivity contribution is 7.77. The second-order valence-corrected chi connectivity index (χ2v) is 13.5. The summed E-state index contributed by atoms with van der Waals surface area (Å²) >= 11 is 0. The summed E-state index contributed by atoms with van der Waals surface area (Å²) in [5.41, 5.74) is 0. The van der Waals surface area contributed by atoms with E-state index in [4.69, 9.17) is 31.2 Å². The van der Waals surface area contributed by atoms with E-state index in [1.165, 1.54) is 77.0 Å². The zero-order chi connectivity index (χ0) is 27.8. The molecule has 0 aromatic heterocycles. The van der Waals surface area contributed by atoms with Crippen LogP contribution >= 0.6 is 16.8 Å². The van der Waals surface area contributed by atoms with Gasteiger partial charge in [-0.05, 0) is 40.4 Å². The Bertz CT molecular complexity index is 541. The molecule has 0 aromatic carbocycles. The zero-order valence-corrected chi connectivity index (χ0v) is 25.9. The van der Waals surface area contributed by atoms with E-state index < -0.39 is 25.3 Å². The highest BCUT2D eigenvalue weighted by atomic mass is 31.3. The molecule has 9 heteroatoms. The Labute approximate surface area is 228 Å². The molecule has 35 heavy (non-hydrogen) atoms. The van der Waals surface area contributed by atoms with Crippen LogP contribution in [0, 0.1) is 0 Å². The topological polar surface area (TPSA) is 44.8 Å². The third-order valence-corrected chi connectivity index (χ3v) is 7.79. The lowest BCUT2D eigenvalue weighted by atomic mass is 10.0. The summed E-state index contributed by atoms with van der Waals surface area (Å²) in [6.07, 6.45) is 20.0. The van der Waals surface area contributed by atoms with Crippen molar-refractivity contribution in [1.82, 2.24) is 0 Å². The normalized spacial score (nSPS) is 17.0. The first-order valence-electron chi connectivity index (χ1n) is 15.2. The van der Waals surface area contributed by atoms with Gasteiger partial charge in [0.25, 0.3) is 0 Å². The van der Waals surface area contributed by atoms with Crippen LogP contribution in [0.4, 0.5) is 0 Å². The average molecular weight is 545 g/mol. The molecule has 0 N–H and O–H groups in total. The predicted octanol–water partition coefficient (Wildman–Crippen LogP) is 7.62. The van der Waals surface area contributed by atoms with Crippen LogP contribution in [0.5, 0.6) is 0 Å². The van der Waals surface area contributed by atoms with Crippen molar-refractivity contribution in [1.29, 1.82) is 2.51 Å². The molecule has 0 spiro atoms. The lowest BCUT2D eigenvalue weighted by Crippen LogP contribution is -2.34. The van der Waals surface area contributed by atoms with Gasteiger partial charge in [0.05, 0.1) is 14.8 Å². The van der Waals surface area contributed by atoms with E-state index >= 15 is 0 Å². The minimum Gasteiger partial charge on any atom is -0.460 e. The molecular weight excluding hydrogens is 488 g/mol. The molecule has 5 atom stereocenters. The van der Waals surface area contributed by atoms with Crippen molar-refractivity contribution in [2.24, 2.45) is 0 Å². The molecule has 0 aromatic rings. The highest BCUT2D eigenvalue weighted by Gasteiger charge is 2.26. The van der Waals surface area contributed by atoms with Crippen LogP contribution in [0.25, 0.3) is 0 Å². The first kappa shape index (κ1) is 31.8. The Balaban J connectivity index is 4.77. The number of hydrogen-bond donors (Lipinski definition) is 0. The van der Waals surface area contributed by atoms with Crippen molar-refractivity contribution >= 4 is 46.2 Å². The maximum atomic E-state index is 12.7. The van der Waals surface area contributed by atoms with Crippen molar-refractivity contribution < 1.29 is 18.5 Å². The van der Waals surface area contributed by atoms with Crippen molar-refractivity contribution in [3.05, 3.63) is 0 Å². The third kappa shape index (κ3) is 24.7. The summed E-state index contributed by atoms with van der Waals surface area (Å²) in [6.45, 7) is 6.51. The molecular formula is C26H54B2O4P2Si. The number of ether oxygens (including phenoxy) is 1. The minimum absolute atomic E-state index is 0.168. The van der Waals surface area contributed by atoms with Crippen LogP contribution < -0.4 is 0 Å². The number of hydrogen-bond acceptors (Lipinski definition) is 4. The molecule has 4 radical (unpaired) electrons. The van der Waals surface area contributed by atoms with Gasteiger partial charge in [-0.2, -0.15) is 0 Å². The molecule has 202 valence electrons. The maximum absolute atomic E-state index is 12.7. The summed E-state index contributed by atoms with van der Waals surface area (Å²) in [5, 5.41) is 0. The van der Waals surface area contributed by atoms with Crippen LogP contribution in [0.1, 0.15) is 136 Å². The summed E-state index contributed by atoms with van der Waals surface area (Å²) in [6, 6.07) is 0. The van der Waals surface area contributed by atoms with E-state index in [1.807, 2.05) is 6.66 Å². The number of carbonyl (C=O) groups excluding carboxylic acids is 1. The van der Waals surface area contributed by atoms with Gasteiger partial charge in [0.2, 0.25) is 0 Å². The lowest BCUT2D eigenvalue weighted by Gasteiger charge is -2.29. The summed E-state index contributed by atoms with van der Waals surface area (Å²) < 4.78 is 32.9. The molecule has 4 unspecified atom stereocenters. The van der Waals surface area contributed by atoms with Gasteiger partial charge >= 0.3 is 5.97 Å². The van der Waals surface area contributed by atoms with E-state index in [2.05, 4.69) is 13.8 Å². The van der Waals surface area contributed by atoms with Gasteiger partial charge in [0.15, 0.2) is 0 Å². The minimum atomic E-state index is -3.18. The molecule has 0 aliphatic carbocycles. The Hall–Kier alpha value is 0.597. The SMILES string of the molecule is [2H][Si]([B])(OCC[C@@H](OP([B])C)C(CCCCCCCCCC)OC(=O)CCCCCCCCCC)P[3H]. The highest BCUT2D eigenvalue weighted by Crippen LogP contribution is 2.32. The average Bonchev–Trinajstić information content (AvgIpc) is 2.85. The largest absolute Gasteiger partial charge is 0.460 e. The van der Waals surface area contributed by atoms with Crippen LogP contribution in [0.2, 0.25) is 0 Å². The molecule has 0 heterocycles. The van der Waals surface area contributed by atoms with Crippen LogP contribution in [0.3, 0.4) is 0 Å². The van der Waals surface area contributed by atoms with Crippen molar-refractivity contribution in [3.8, 4) is 0 Å². The third-order valence-electron chi connectivity index (χ3n) is 6.24. The van der Waals surface area contributed by atoms with Crippen molar-refractivity contribution in [2.75, 3.05) is 13.3 Å². The standard InChI is InChI=1S/C26H54B2O4P2Si/c1-4-6-8-10-12-14-16-18-20-24(25(32-34(3)27)22-23-30-35(28)33)31-26(29)21-19-17-15-13-11-9-7-5-2/h24-25,35H,4-23,33H2,1-3H3/t24?,25-,34?,35?/m1/s1/i33T,35D/t24?,25-,33?,34?,35?. The number of unbranched alkanes of at least 4 members (excludes halogenated alkanes) is 14. The number of rotatable bonds is 27. The van der Waals surface area contributed by atoms with Gasteiger partial charge in [0, 0.05) is 14.3 Å². The fourth-order valence-electron chi connectivity index (χ4n) is 4.24. The molecule has 0 rings (SSSR count). The van der Waals surface area contributed by atoms with Gasteiger partial charge in [0.1, 0.15) is 22.2 Å². The summed E-state index contributed by atoms with van der Waals surface area (Å²) in [4.78, 5) is 12.7. The van der Waals surface area contributed by atoms with Gasteiger partial charge in [-0.3, -0.25) is 4.79 Å². The van der Waals surface area contributed by atoms with Crippen LogP contribution in [0.15, 0.2) is 0 Å². The second-order valence-electron chi connectivity index (χ2n) is 9.71. The van der Waals surface area contributed by atoms with Crippen molar-refractivity contribution in [2.45, 2.75) is 148 Å². The van der Waals surface area contributed by atoms with E-state index in [-0.39, 0.29) is 24.8 Å². The Morgan fingerprint density at radius 3 is 1.94 bits per heavy atom. The Kier molecular flexibility index (Phi) is 23.8. The molecule has 0 aliphatic rings. The van der Waals surface area contributed by atoms with E-state index in [0.717, 1.165) is 32.1 Å². The summed E-state index contributed by atoms with van der Waals surface area (Å²) in [5.74, 6) is -0.168. The Morgan fingerprint density at radius 2 is 1.43 bits per heavy atom. The first-order valence-corrected chi connectivity index (χ1v) is 19.0. The van der Waals surface area contributed by atoms with E-state index in [1.54, 1.807) is 0 Å². The molecule has 0 saturated heterocycles.